The average molecular weight is 406 g/mol. The van der Waals surface area contributed by atoms with E-state index in [0.29, 0.717) is 12.0 Å². The van der Waals surface area contributed by atoms with Gasteiger partial charge in [0.15, 0.2) is 17.2 Å². The maximum Gasteiger partial charge on any atom is 0.252 e. The number of hydrogen-bond donors (Lipinski definition) is 2. The van der Waals surface area contributed by atoms with E-state index < -0.39 is 41.3 Å². The molecule has 1 aliphatic rings. The predicted octanol–water partition coefficient (Wildman–Crippen LogP) is 2.66. The van der Waals surface area contributed by atoms with Gasteiger partial charge in [-0.15, -0.1) is 0 Å². The number of likely N-dealkylation sites (tertiary alicyclic amines) is 1. The standard InChI is InChI=1S/C21H21F3N2O3/c22-16-6-1-4-14(10-16)12-25-20(28)21(29)8-3-9-26(18(27)11-21)13-15-5-2-7-17(23)19(15)24/h1-2,4-7,10,29H,3,8-9,11-13H2,(H,25,28). The molecule has 29 heavy (non-hydrogen) atoms. The Hall–Kier alpha value is -2.87. The number of benzene rings is 2. The van der Waals surface area contributed by atoms with E-state index in [9.17, 15) is 27.9 Å². The van der Waals surface area contributed by atoms with E-state index in [4.69, 9.17) is 0 Å². The van der Waals surface area contributed by atoms with Crippen molar-refractivity contribution in [3.63, 3.8) is 0 Å². The predicted molar refractivity (Wildman–Crippen MR) is 98.8 cm³/mol. The zero-order valence-electron chi connectivity index (χ0n) is 15.6. The molecule has 1 fully saturated rings. The summed E-state index contributed by atoms with van der Waals surface area (Å²) in [4.78, 5) is 26.4. The topological polar surface area (TPSA) is 69.6 Å². The fraction of sp³-hybridized carbons (Fsp3) is 0.333. The molecule has 0 radical (unpaired) electrons. The van der Waals surface area contributed by atoms with Crippen molar-refractivity contribution in [1.29, 1.82) is 0 Å². The van der Waals surface area contributed by atoms with E-state index in [1.165, 1.54) is 35.2 Å². The second kappa shape index (κ2) is 8.65. The van der Waals surface area contributed by atoms with Gasteiger partial charge in [-0.2, -0.15) is 0 Å². The van der Waals surface area contributed by atoms with Crippen molar-refractivity contribution in [2.75, 3.05) is 6.54 Å². The average Bonchev–Trinajstić information content (AvgIpc) is 2.82. The first-order valence-corrected chi connectivity index (χ1v) is 9.24. The van der Waals surface area contributed by atoms with Gasteiger partial charge in [0.05, 0.1) is 6.42 Å². The molecule has 5 nitrogen and oxygen atoms in total. The summed E-state index contributed by atoms with van der Waals surface area (Å²) in [6.45, 7) is 0.0585. The fourth-order valence-corrected chi connectivity index (χ4v) is 3.37. The SMILES string of the molecule is O=C1CC(O)(C(=O)NCc2cccc(F)c2)CCCN1Cc1cccc(F)c1F. The van der Waals surface area contributed by atoms with Gasteiger partial charge in [-0.25, -0.2) is 13.2 Å². The Bertz CT molecular complexity index is 922. The number of amides is 2. The number of nitrogens with one attached hydrogen (secondary N) is 1. The van der Waals surface area contributed by atoms with E-state index >= 15 is 0 Å². The summed E-state index contributed by atoms with van der Waals surface area (Å²) in [6, 6.07) is 9.40. The molecule has 0 aliphatic carbocycles. The summed E-state index contributed by atoms with van der Waals surface area (Å²) in [6.07, 6.45) is -0.124. The fourth-order valence-electron chi connectivity index (χ4n) is 3.37. The zero-order valence-corrected chi connectivity index (χ0v) is 15.6. The molecule has 8 heteroatoms. The van der Waals surface area contributed by atoms with E-state index in [0.717, 1.165) is 6.07 Å². The molecule has 1 unspecified atom stereocenters. The van der Waals surface area contributed by atoms with Crippen LogP contribution in [0.5, 0.6) is 0 Å². The van der Waals surface area contributed by atoms with E-state index in [-0.39, 0.29) is 31.6 Å². The maximum absolute atomic E-state index is 13.9. The molecule has 1 saturated heterocycles. The highest BCUT2D eigenvalue weighted by Crippen LogP contribution is 2.25. The third kappa shape index (κ3) is 4.95. The van der Waals surface area contributed by atoms with Crippen molar-refractivity contribution in [3.05, 3.63) is 71.0 Å². The van der Waals surface area contributed by atoms with Crippen molar-refractivity contribution in [3.8, 4) is 0 Å². The molecule has 0 saturated carbocycles. The molecular weight excluding hydrogens is 385 g/mol. The van der Waals surface area contributed by atoms with Crippen LogP contribution in [0.25, 0.3) is 0 Å². The highest BCUT2D eigenvalue weighted by molar-refractivity contribution is 5.91. The lowest BCUT2D eigenvalue weighted by Gasteiger charge is -2.25. The second-order valence-corrected chi connectivity index (χ2v) is 7.15. The highest BCUT2D eigenvalue weighted by Gasteiger charge is 2.41. The monoisotopic (exact) mass is 406 g/mol. The van der Waals surface area contributed by atoms with Crippen LogP contribution in [0.4, 0.5) is 13.2 Å². The lowest BCUT2D eigenvalue weighted by molar-refractivity contribution is -0.147. The summed E-state index contributed by atoms with van der Waals surface area (Å²) in [5.41, 5.74) is -1.37. The summed E-state index contributed by atoms with van der Waals surface area (Å²) < 4.78 is 40.5. The molecule has 1 aliphatic heterocycles. The van der Waals surface area contributed by atoms with Crippen molar-refractivity contribution in [2.24, 2.45) is 0 Å². The molecule has 2 aromatic rings. The van der Waals surface area contributed by atoms with Gasteiger partial charge in [0.1, 0.15) is 5.82 Å². The summed E-state index contributed by atoms with van der Waals surface area (Å²) >= 11 is 0. The van der Waals surface area contributed by atoms with Crippen LogP contribution >= 0.6 is 0 Å². The van der Waals surface area contributed by atoms with Gasteiger partial charge in [0, 0.05) is 25.2 Å². The van der Waals surface area contributed by atoms with Crippen LogP contribution in [0.1, 0.15) is 30.4 Å². The smallest absolute Gasteiger partial charge is 0.252 e. The number of carbonyl (C=O) groups excluding carboxylic acids is 2. The highest BCUT2D eigenvalue weighted by atomic mass is 19.2. The van der Waals surface area contributed by atoms with Crippen molar-refractivity contribution < 1.29 is 27.9 Å². The van der Waals surface area contributed by atoms with Crippen LogP contribution in [0.3, 0.4) is 0 Å². The van der Waals surface area contributed by atoms with Crippen LogP contribution in [0.15, 0.2) is 42.5 Å². The molecule has 0 spiro atoms. The maximum atomic E-state index is 13.9. The molecule has 2 N–H and O–H groups in total. The Morgan fingerprint density at radius 2 is 1.93 bits per heavy atom. The Balaban J connectivity index is 1.65. The van der Waals surface area contributed by atoms with E-state index in [2.05, 4.69) is 5.32 Å². The van der Waals surface area contributed by atoms with Gasteiger partial charge in [0.25, 0.3) is 5.91 Å². The first-order chi connectivity index (χ1) is 13.8. The number of hydrogen-bond acceptors (Lipinski definition) is 3. The number of nitrogens with zero attached hydrogens (tertiary/aromatic N) is 1. The van der Waals surface area contributed by atoms with Gasteiger partial charge in [-0.1, -0.05) is 24.3 Å². The van der Waals surface area contributed by atoms with Gasteiger partial charge < -0.3 is 15.3 Å². The lowest BCUT2D eigenvalue weighted by Crippen LogP contribution is -2.48. The van der Waals surface area contributed by atoms with Crippen LogP contribution in [0, 0.1) is 17.5 Å². The Morgan fingerprint density at radius 1 is 1.17 bits per heavy atom. The largest absolute Gasteiger partial charge is 0.379 e. The molecule has 154 valence electrons. The first kappa shape index (κ1) is 20.9. The van der Waals surface area contributed by atoms with Crippen molar-refractivity contribution in [2.45, 2.75) is 38.0 Å². The van der Waals surface area contributed by atoms with E-state index in [1.54, 1.807) is 6.07 Å². The minimum atomic E-state index is -1.92. The Labute approximate surface area is 166 Å². The molecule has 2 aromatic carbocycles. The van der Waals surface area contributed by atoms with Crippen molar-refractivity contribution in [1.82, 2.24) is 10.2 Å². The summed E-state index contributed by atoms with van der Waals surface area (Å²) in [7, 11) is 0. The van der Waals surface area contributed by atoms with Gasteiger partial charge >= 0.3 is 0 Å². The number of rotatable bonds is 5. The second-order valence-electron chi connectivity index (χ2n) is 7.15. The van der Waals surface area contributed by atoms with Gasteiger partial charge in [-0.05, 0) is 36.6 Å². The van der Waals surface area contributed by atoms with Crippen LogP contribution in [-0.2, 0) is 22.7 Å². The number of carbonyl (C=O) groups is 2. The number of aliphatic hydroxyl groups is 1. The molecular formula is C21H21F3N2O3. The van der Waals surface area contributed by atoms with E-state index in [1.807, 2.05) is 0 Å². The summed E-state index contributed by atoms with van der Waals surface area (Å²) in [5.74, 6) is -3.73. The minimum Gasteiger partial charge on any atom is -0.379 e. The van der Waals surface area contributed by atoms with Crippen molar-refractivity contribution >= 4 is 11.8 Å². The molecule has 2 amide bonds. The van der Waals surface area contributed by atoms with Gasteiger partial charge in [0.2, 0.25) is 5.91 Å². The lowest BCUT2D eigenvalue weighted by atomic mass is 9.93. The summed E-state index contributed by atoms with van der Waals surface area (Å²) in [5, 5.41) is 13.3. The molecule has 3 rings (SSSR count). The Morgan fingerprint density at radius 3 is 2.69 bits per heavy atom. The van der Waals surface area contributed by atoms with Gasteiger partial charge in [-0.3, -0.25) is 9.59 Å². The first-order valence-electron chi connectivity index (χ1n) is 9.24. The normalized spacial score (nSPS) is 19.7. The third-order valence-corrected chi connectivity index (χ3v) is 4.97. The molecule has 1 atom stereocenters. The zero-order chi connectivity index (χ0) is 21.0. The quantitative estimate of drug-likeness (QED) is 0.802. The Kier molecular flexibility index (Phi) is 6.22. The molecule has 0 aromatic heterocycles. The molecule has 1 heterocycles. The third-order valence-electron chi connectivity index (χ3n) is 4.97. The minimum absolute atomic E-state index is 0.00527. The van der Waals surface area contributed by atoms with Crippen LogP contribution in [0.2, 0.25) is 0 Å². The van der Waals surface area contributed by atoms with Crippen LogP contribution < -0.4 is 5.32 Å². The molecule has 0 bridgehead atoms. The van der Waals surface area contributed by atoms with Crippen LogP contribution in [-0.4, -0.2) is 34.0 Å². The number of halogens is 3.